The minimum atomic E-state index is -4.67. The fraction of sp³-hybridized carbons (Fsp3) is 0.385. The molecule has 0 bridgehead atoms. The number of nitrogens with one attached hydrogen (secondary N) is 2. The van der Waals surface area contributed by atoms with Gasteiger partial charge in [0, 0.05) is 55.9 Å². The predicted octanol–water partition coefficient (Wildman–Crippen LogP) is 4.28. The van der Waals surface area contributed by atoms with Crippen LogP contribution in [0.3, 0.4) is 0 Å². The Hall–Kier alpha value is -3.25. The van der Waals surface area contributed by atoms with E-state index in [1.54, 1.807) is 43.3 Å². The molecule has 198 valence electrons. The number of benzene rings is 2. The summed E-state index contributed by atoms with van der Waals surface area (Å²) < 4.78 is 41.3. The normalized spacial score (nSPS) is 16.1. The molecule has 2 heterocycles. The summed E-state index contributed by atoms with van der Waals surface area (Å²) in [6.45, 7) is 4.96. The Kier molecular flexibility index (Phi) is 8.28. The molecule has 3 N–H and O–H groups in total. The van der Waals surface area contributed by atoms with E-state index in [2.05, 4.69) is 37.4 Å². The van der Waals surface area contributed by atoms with Gasteiger partial charge in [-0.15, -0.1) is 0 Å². The van der Waals surface area contributed by atoms with Crippen molar-refractivity contribution in [3.8, 4) is 0 Å². The van der Waals surface area contributed by atoms with E-state index in [0.717, 1.165) is 44.5 Å². The summed E-state index contributed by atoms with van der Waals surface area (Å²) in [5.41, 5.74) is 1.55. The zero-order valence-electron chi connectivity index (χ0n) is 21.1. The Bertz CT molecular complexity index is 1180. The summed E-state index contributed by atoms with van der Waals surface area (Å²) in [5, 5.41) is 16.2. The number of para-hydroxylation sites is 1. The quantitative estimate of drug-likeness (QED) is 0.384. The monoisotopic (exact) mass is 515 g/mol. The lowest BCUT2D eigenvalue weighted by molar-refractivity contribution is -0.137. The van der Waals surface area contributed by atoms with Crippen LogP contribution in [0.2, 0.25) is 0 Å². The summed E-state index contributed by atoms with van der Waals surface area (Å²) in [7, 11) is 5.46. The lowest BCUT2D eigenvalue weighted by Gasteiger charge is -2.32. The lowest BCUT2D eigenvalue weighted by atomic mass is 10.1. The minimum Gasteiger partial charge on any atom is -0.374 e. The van der Waals surface area contributed by atoms with Crippen LogP contribution in [-0.2, 0) is 12.7 Å². The van der Waals surface area contributed by atoms with Crippen molar-refractivity contribution in [2.75, 3.05) is 58.0 Å². The molecule has 1 unspecified atom stereocenters. The van der Waals surface area contributed by atoms with E-state index in [4.69, 9.17) is 0 Å². The highest BCUT2D eigenvalue weighted by Gasteiger charge is 2.35. The van der Waals surface area contributed by atoms with E-state index in [0.29, 0.717) is 16.9 Å². The first-order valence-corrected chi connectivity index (χ1v) is 12.0. The van der Waals surface area contributed by atoms with Gasteiger partial charge in [-0.05, 0) is 44.9 Å². The zero-order chi connectivity index (χ0) is 26.6. The van der Waals surface area contributed by atoms with Crippen molar-refractivity contribution < 1.29 is 18.3 Å². The Balaban J connectivity index is 1.53. The van der Waals surface area contributed by atoms with Crippen molar-refractivity contribution in [3.63, 3.8) is 0 Å². The number of anilines is 4. The molecule has 1 fully saturated rings. The molecule has 0 amide bonds. The van der Waals surface area contributed by atoms with Crippen LogP contribution in [-0.4, -0.2) is 77.1 Å². The Morgan fingerprint density at radius 2 is 1.68 bits per heavy atom. The van der Waals surface area contributed by atoms with Crippen LogP contribution in [0.15, 0.2) is 54.7 Å². The number of aliphatic hydroxyl groups excluding tert-OH is 1. The van der Waals surface area contributed by atoms with Crippen molar-refractivity contribution in [2.24, 2.45) is 0 Å². The second kappa shape index (κ2) is 11.4. The molecule has 0 radical (unpaired) electrons. The van der Waals surface area contributed by atoms with E-state index >= 15 is 0 Å². The Morgan fingerprint density at radius 1 is 1.00 bits per heavy atom. The number of hydrogen-bond donors (Lipinski definition) is 3. The number of piperazine rings is 1. The molecule has 0 saturated carbocycles. The first-order valence-electron chi connectivity index (χ1n) is 12.0. The molecule has 1 aromatic heterocycles. The second-order valence-corrected chi connectivity index (χ2v) is 9.40. The standard InChI is InChI=1S/C26H32F3N7O/c1-34(2)24(37)20-6-4-5-7-22(20)32-23-21(26(27,28)29)16-30-25(33-23)31-19-10-8-18(9-11-19)17-36-14-12-35(3)13-15-36/h4-11,16,24,37H,12-15,17H2,1-3H3,(H2,30,31,32,33). The number of aliphatic hydroxyl groups is 1. The van der Waals surface area contributed by atoms with Crippen LogP contribution in [0.1, 0.15) is 22.9 Å². The maximum absolute atomic E-state index is 13.8. The van der Waals surface area contributed by atoms with E-state index in [9.17, 15) is 18.3 Å². The minimum absolute atomic E-state index is 0.0213. The molecular formula is C26H32F3N7O. The van der Waals surface area contributed by atoms with Gasteiger partial charge in [0.05, 0.1) is 0 Å². The van der Waals surface area contributed by atoms with Gasteiger partial charge < -0.3 is 20.6 Å². The largest absolute Gasteiger partial charge is 0.421 e. The highest BCUT2D eigenvalue weighted by atomic mass is 19.4. The average molecular weight is 516 g/mol. The number of nitrogens with zero attached hydrogens (tertiary/aromatic N) is 5. The maximum Gasteiger partial charge on any atom is 0.421 e. The van der Waals surface area contributed by atoms with Gasteiger partial charge in [0.15, 0.2) is 0 Å². The summed E-state index contributed by atoms with van der Waals surface area (Å²) in [5.74, 6) is -0.386. The molecule has 1 atom stereocenters. The number of hydrogen-bond acceptors (Lipinski definition) is 8. The third kappa shape index (κ3) is 6.95. The number of alkyl halides is 3. The van der Waals surface area contributed by atoms with Crippen LogP contribution in [0.25, 0.3) is 0 Å². The first-order chi connectivity index (χ1) is 17.6. The smallest absolute Gasteiger partial charge is 0.374 e. The van der Waals surface area contributed by atoms with Crippen molar-refractivity contribution in [2.45, 2.75) is 18.9 Å². The number of halogens is 3. The molecule has 0 aliphatic carbocycles. The average Bonchev–Trinajstić information content (AvgIpc) is 2.86. The Labute approximate surface area is 214 Å². The van der Waals surface area contributed by atoms with E-state index in [-0.39, 0.29) is 5.95 Å². The summed E-state index contributed by atoms with van der Waals surface area (Å²) >= 11 is 0. The van der Waals surface area contributed by atoms with Gasteiger partial charge in [-0.1, -0.05) is 30.3 Å². The molecule has 3 aromatic rings. The molecule has 1 saturated heterocycles. The topological polar surface area (TPSA) is 79.8 Å². The molecular weight excluding hydrogens is 483 g/mol. The molecule has 37 heavy (non-hydrogen) atoms. The lowest BCUT2D eigenvalue weighted by Crippen LogP contribution is -2.43. The van der Waals surface area contributed by atoms with Gasteiger partial charge in [0.2, 0.25) is 5.95 Å². The van der Waals surface area contributed by atoms with E-state index < -0.39 is 23.8 Å². The highest BCUT2D eigenvalue weighted by molar-refractivity contribution is 5.65. The van der Waals surface area contributed by atoms with Crippen LogP contribution >= 0.6 is 0 Å². The van der Waals surface area contributed by atoms with Crippen molar-refractivity contribution in [1.29, 1.82) is 0 Å². The van der Waals surface area contributed by atoms with Crippen molar-refractivity contribution in [1.82, 2.24) is 24.7 Å². The molecule has 0 spiro atoms. The van der Waals surface area contributed by atoms with Crippen molar-refractivity contribution in [3.05, 3.63) is 71.4 Å². The van der Waals surface area contributed by atoms with Gasteiger partial charge in [-0.3, -0.25) is 9.80 Å². The third-order valence-electron chi connectivity index (χ3n) is 6.29. The van der Waals surface area contributed by atoms with Crippen LogP contribution < -0.4 is 10.6 Å². The fourth-order valence-corrected chi connectivity index (χ4v) is 4.07. The Morgan fingerprint density at radius 3 is 2.32 bits per heavy atom. The van der Waals surface area contributed by atoms with Gasteiger partial charge in [0.1, 0.15) is 17.6 Å². The molecule has 8 nitrogen and oxygen atoms in total. The van der Waals surface area contributed by atoms with Gasteiger partial charge >= 0.3 is 6.18 Å². The first kappa shape index (κ1) is 26.8. The molecule has 1 aliphatic heterocycles. The maximum atomic E-state index is 13.8. The SMILES string of the molecule is CN1CCN(Cc2ccc(Nc3ncc(C(F)(F)F)c(Nc4ccccc4C(O)N(C)C)n3)cc2)CC1. The van der Waals surface area contributed by atoms with Crippen LogP contribution in [0, 0.1) is 0 Å². The van der Waals surface area contributed by atoms with Crippen LogP contribution in [0.4, 0.5) is 36.3 Å². The van der Waals surface area contributed by atoms with E-state index in [1.165, 1.54) is 0 Å². The molecule has 2 aromatic carbocycles. The van der Waals surface area contributed by atoms with Gasteiger partial charge in [0.25, 0.3) is 0 Å². The summed E-state index contributed by atoms with van der Waals surface area (Å²) in [6, 6.07) is 14.3. The number of aromatic nitrogens is 2. The van der Waals surface area contributed by atoms with Crippen molar-refractivity contribution >= 4 is 23.1 Å². The second-order valence-electron chi connectivity index (χ2n) is 9.40. The summed E-state index contributed by atoms with van der Waals surface area (Å²) in [6.07, 6.45) is -4.92. The third-order valence-corrected chi connectivity index (χ3v) is 6.29. The highest BCUT2D eigenvalue weighted by Crippen LogP contribution is 2.36. The molecule has 4 rings (SSSR count). The van der Waals surface area contributed by atoms with Gasteiger partial charge in [-0.25, -0.2) is 4.98 Å². The predicted molar refractivity (Wildman–Crippen MR) is 138 cm³/mol. The summed E-state index contributed by atoms with van der Waals surface area (Å²) in [4.78, 5) is 14.3. The molecule has 11 heteroatoms. The molecule has 1 aliphatic rings. The van der Waals surface area contributed by atoms with Crippen LogP contribution in [0.5, 0.6) is 0 Å². The van der Waals surface area contributed by atoms with Gasteiger partial charge in [-0.2, -0.15) is 18.2 Å². The number of rotatable bonds is 8. The number of likely N-dealkylation sites (N-methyl/N-ethyl adjacent to an activating group) is 1. The zero-order valence-corrected chi connectivity index (χ0v) is 21.1. The fourth-order valence-electron chi connectivity index (χ4n) is 4.07. The van der Waals surface area contributed by atoms with E-state index in [1.807, 2.05) is 24.3 Å².